The molecule has 0 fully saturated rings. The Morgan fingerprint density at radius 3 is 2.62 bits per heavy atom. The molecule has 1 rings (SSSR count). The first-order chi connectivity index (χ1) is 15.2. The predicted molar refractivity (Wildman–Crippen MR) is 115 cm³/mol. The summed E-state index contributed by atoms with van der Waals surface area (Å²) in [4.78, 5) is 37.0. The van der Waals surface area contributed by atoms with Crippen molar-refractivity contribution in [3.63, 3.8) is 0 Å². The van der Waals surface area contributed by atoms with Crippen LogP contribution < -0.4 is 25.4 Å². The van der Waals surface area contributed by atoms with Crippen LogP contribution in [0.2, 0.25) is 0 Å². The molecule has 0 saturated heterocycles. The van der Waals surface area contributed by atoms with Gasteiger partial charge in [0.15, 0.2) is 17.8 Å². The van der Waals surface area contributed by atoms with Crippen LogP contribution in [0.4, 0.5) is 0 Å². The number of benzene rings is 1. The Labute approximate surface area is 186 Å². The second kappa shape index (κ2) is 14.2. The Bertz CT molecular complexity index is 731. The van der Waals surface area contributed by atoms with Crippen molar-refractivity contribution in [2.75, 3.05) is 33.4 Å². The minimum atomic E-state index is -0.893. The molecule has 0 saturated carbocycles. The number of para-hydroxylation sites is 2. The summed E-state index contributed by atoms with van der Waals surface area (Å²) in [7, 11) is 1.59. The fraction of sp³-hybridized carbons (Fsp3) is 0.600. The highest BCUT2D eigenvalue weighted by Crippen LogP contribution is 2.27. The van der Waals surface area contributed by atoms with E-state index >= 15 is 0 Å². The molecule has 0 aromatic heterocycles. The number of aliphatic hydroxyl groups excluding tert-OH is 1. The summed E-state index contributed by atoms with van der Waals surface area (Å²) in [5.74, 6) is 0.509. The first-order valence-electron chi connectivity index (χ1n) is 10.1. The molecular weight excluding hydrogens is 424 g/mol. The van der Waals surface area contributed by atoms with E-state index in [2.05, 4.69) is 20.8 Å². The summed E-state index contributed by atoms with van der Waals surface area (Å²) in [5, 5.41) is 28.0. The van der Waals surface area contributed by atoms with Gasteiger partial charge in [-0.15, -0.1) is 10.1 Å². The predicted octanol–water partition coefficient (Wildman–Crippen LogP) is 0.0224. The van der Waals surface area contributed by atoms with Gasteiger partial charge in [-0.2, -0.15) is 0 Å². The van der Waals surface area contributed by atoms with Crippen LogP contribution in [0.15, 0.2) is 24.3 Å². The van der Waals surface area contributed by atoms with Crippen molar-refractivity contribution in [3.8, 4) is 11.5 Å². The van der Waals surface area contributed by atoms with Crippen molar-refractivity contribution in [2.45, 2.75) is 44.6 Å². The van der Waals surface area contributed by atoms with Gasteiger partial charge >= 0.3 is 0 Å². The Balaban J connectivity index is 2.37. The van der Waals surface area contributed by atoms with Crippen LogP contribution >= 0.6 is 0 Å². The monoisotopic (exact) mass is 456 g/mol. The zero-order valence-electron chi connectivity index (χ0n) is 18.5. The molecule has 32 heavy (non-hydrogen) atoms. The van der Waals surface area contributed by atoms with Crippen LogP contribution in [0.5, 0.6) is 11.5 Å². The molecule has 0 aliphatic carbocycles. The number of carbonyl (C=O) groups excluding carboxylic acids is 2. The van der Waals surface area contributed by atoms with Crippen LogP contribution in [-0.4, -0.2) is 73.6 Å². The van der Waals surface area contributed by atoms with Gasteiger partial charge in [0.25, 0.3) is 5.09 Å². The van der Waals surface area contributed by atoms with Crippen LogP contribution in [0.25, 0.3) is 0 Å². The third-order valence-corrected chi connectivity index (χ3v) is 4.23. The lowest BCUT2D eigenvalue weighted by atomic mass is 10.1. The highest BCUT2D eigenvalue weighted by atomic mass is 16.9. The number of hydrogen-bond acceptors (Lipinski definition) is 10. The number of amides is 1. The Morgan fingerprint density at radius 1 is 1.31 bits per heavy atom. The van der Waals surface area contributed by atoms with Crippen molar-refractivity contribution in [3.05, 3.63) is 34.4 Å². The van der Waals surface area contributed by atoms with Crippen LogP contribution in [-0.2, 0) is 14.4 Å². The molecule has 2 atom stereocenters. The standard InChI is InChI=1S/C20H32N4O8/c1-20(2,14-22-18(27)9-6-10-31-24(28)29)23-11-15(26)13-30-16-7-4-5-8-17(16)32-19(12-25)21-3/h4-5,7-8,12,15,19,21,23,26H,6,9-11,13-14H2,1-3H3,(H,22,27). The molecule has 180 valence electrons. The summed E-state index contributed by atoms with van der Waals surface area (Å²) in [6.07, 6.45) is -0.688. The number of carbonyl (C=O) groups is 2. The van der Waals surface area contributed by atoms with Gasteiger partial charge in [-0.25, -0.2) is 0 Å². The maximum Gasteiger partial charge on any atom is 0.294 e. The number of aldehydes is 1. The molecule has 12 heteroatoms. The largest absolute Gasteiger partial charge is 0.487 e. The van der Waals surface area contributed by atoms with E-state index in [1.54, 1.807) is 31.3 Å². The minimum Gasteiger partial charge on any atom is -0.487 e. The van der Waals surface area contributed by atoms with Crippen LogP contribution in [0.1, 0.15) is 26.7 Å². The molecular formula is C20H32N4O8. The zero-order valence-corrected chi connectivity index (χ0v) is 18.5. The average Bonchev–Trinajstić information content (AvgIpc) is 2.76. The molecule has 0 aliphatic heterocycles. The van der Waals surface area contributed by atoms with Crippen molar-refractivity contribution >= 4 is 12.2 Å². The molecule has 2 unspecified atom stereocenters. The van der Waals surface area contributed by atoms with E-state index in [-0.39, 0.29) is 38.5 Å². The fourth-order valence-electron chi connectivity index (χ4n) is 2.44. The number of hydrogen-bond donors (Lipinski definition) is 4. The van der Waals surface area contributed by atoms with Gasteiger partial charge < -0.3 is 30.1 Å². The van der Waals surface area contributed by atoms with E-state index in [0.29, 0.717) is 24.3 Å². The minimum absolute atomic E-state index is 0.0163. The van der Waals surface area contributed by atoms with E-state index in [1.807, 2.05) is 13.8 Å². The van der Waals surface area contributed by atoms with Crippen molar-refractivity contribution in [1.29, 1.82) is 0 Å². The highest BCUT2D eigenvalue weighted by molar-refractivity contribution is 5.75. The maximum absolute atomic E-state index is 11.8. The second-order valence-corrected chi connectivity index (χ2v) is 7.58. The second-order valence-electron chi connectivity index (χ2n) is 7.58. The molecule has 0 spiro atoms. The Kier molecular flexibility index (Phi) is 12.0. The molecule has 0 radical (unpaired) electrons. The summed E-state index contributed by atoms with van der Waals surface area (Å²) in [6.45, 7) is 4.07. The number of nitrogens with one attached hydrogen (secondary N) is 3. The number of rotatable bonds is 17. The van der Waals surface area contributed by atoms with Gasteiger partial charge in [-0.3, -0.25) is 14.9 Å². The van der Waals surface area contributed by atoms with E-state index in [9.17, 15) is 24.8 Å². The number of likely N-dealkylation sites (N-methyl/N-ethyl adjacent to an activating group) is 1. The Hall–Kier alpha value is -2.96. The zero-order chi connectivity index (χ0) is 24.0. The lowest BCUT2D eigenvalue weighted by Gasteiger charge is -2.28. The van der Waals surface area contributed by atoms with Crippen LogP contribution in [0, 0.1) is 10.1 Å². The van der Waals surface area contributed by atoms with E-state index in [0.717, 1.165) is 0 Å². The smallest absolute Gasteiger partial charge is 0.294 e. The lowest BCUT2D eigenvalue weighted by Crippen LogP contribution is -2.51. The molecule has 0 heterocycles. The van der Waals surface area contributed by atoms with E-state index in [4.69, 9.17) is 9.47 Å². The van der Waals surface area contributed by atoms with Crippen molar-refractivity contribution < 1.29 is 34.1 Å². The summed E-state index contributed by atoms with van der Waals surface area (Å²) in [5.41, 5.74) is -0.515. The third kappa shape index (κ3) is 11.4. The third-order valence-electron chi connectivity index (χ3n) is 4.23. The number of β-amino-alcohol motifs (C(OH)–C–C–N with tert-alkyl or cyclic N) is 1. The van der Waals surface area contributed by atoms with Crippen molar-refractivity contribution in [2.24, 2.45) is 0 Å². The highest BCUT2D eigenvalue weighted by Gasteiger charge is 2.20. The Morgan fingerprint density at radius 2 is 2.00 bits per heavy atom. The van der Waals surface area contributed by atoms with Gasteiger partial charge in [0.05, 0.1) is 6.61 Å². The van der Waals surface area contributed by atoms with Crippen molar-refractivity contribution in [1.82, 2.24) is 16.0 Å². The molecule has 0 bridgehead atoms. The molecule has 1 amide bonds. The normalized spacial score (nSPS) is 13.0. The average molecular weight is 456 g/mol. The SMILES string of the molecule is CNC(C=O)Oc1ccccc1OCC(O)CNC(C)(C)CNC(=O)CCCO[N+](=O)[O-]. The van der Waals surface area contributed by atoms with Crippen LogP contribution in [0.3, 0.4) is 0 Å². The first-order valence-corrected chi connectivity index (χ1v) is 10.1. The number of aliphatic hydroxyl groups is 1. The van der Waals surface area contributed by atoms with Gasteiger partial charge in [-0.1, -0.05) is 12.1 Å². The van der Waals surface area contributed by atoms with Gasteiger partial charge in [0, 0.05) is 25.0 Å². The molecule has 1 aromatic rings. The maximum atomic E-state index is 11.8. The first kappa shape index (κ1) is 27.1. The van der Waals surface area contributed by atoms with E-state index in [1.165, 1.54) is 0 Å². The molecule has 0 aliphatic rings. The fourth-order valence-corrected chi connectivity index (χ4v) is 2.44. The van der Waals surface area contributed by atoms with Gasteiger partial charge in [-0.05, 0) is 39.4 Å². The summed E-state index contributed by atoms with van der Waals surface area (Å²) >= 11 is 0. The molecule has 1 aromatic carbocycles. The van der Waals surface area contributed by atoms with E-state index < -0.39 is 23.0 Å². The summed E-state index contributed by atoms with van der Waals surface area (Å²) in [6, 6.07) is 6.81. The topological polar surface area (TPSA) is 161 Å². The number of nitrogens with zero attached hydrogens (tertiary/aromatic N) is 1. The lowest BCUT2D eigenvalue weighted by molar-refractivity contribution is -0.757. The summed E-state index contributed by atoms with van der Waals surface area (Å²) < 4.78 is 11.1. The van der Waals surface area contributed by atoms with Gasteiger partial charge in [0.2, 0.25) is 12.1 Å². The van der Waals surface area contributed by atoms with Gasteiger partial charge in [0.1, 0.15) is 12.7 Å². The molecule has 12 nitrogen and oxygen atoms in total. The number of ether oxygens (including phenoxy) is 2. The quantitative estimate of drug-likeness (QED) is 0.0827. The molecule has 4 N–H and O–H groups in total.